The van der Waals surface area contributed by atoms with Crippen LogP contribution in [-0.2, 0) is 9.53 Å². The van der Waals surface area contributed by atoms with Gasteiger partial charge in [0.25, 0.3) is 0 Å². The molecule has 120 valence electrons. The molecule has 0 amide bonds. The lowest BCUT2D eigenvalue weighted by Gasteiger charge is -2.20. The summed E-state index contributed by atoms with van der Waals surface area (Å²) in [6, 6.07) is 0. The summed E-state index contributed by atoms with van der Waals surface area (Å²) in [6.07, 6.45) is 2.02. The van der Waals surface area contributed by atoms with Crippen molar-refractivity contribution >= 4 is 17.7 Å². The number of hydrogen-bond donors (Lipinski definition) is 0. The maximum atomic E-state index is 12.6. The number of hydrogen-bond acceptors (Lipinski definition) is 3. The predicted molar refractivity (Wildman–Crippen MR) is 81.4 cm³/mol. The minimum atomic E-state index is -2.56. The first-order chi connectivity index (χ1) is 9.13. The Labute approximate surface area is 126 Å². The number of halogens is 2. The fraction of sp³-hybridized carbons (Fsp3) is 0.933. The number of unbranched alkanes of at least 4 members (excludes halogenated alkanes) is 2. The Morgan fingerprint density at radius 1 is 1.15 bits per heavy atom. The van der Waals surface area contributed by atoms with Gasteiger partial charge >= 0.3 is 5.97 Å². The van der Waals surface area contributed by atoms with Gasteiger partial charge < -0.3 is 4.74 Å². The average Bonchev–Trinajstić information content (AvgIpc) is 2.24. The van der Waals surface area contributed by atoms with Gasteiger partial charge in [0, 0.05) is 6.42 Å². The molecule has 0 saturated heterocycles. The van der Waals surface area contributed by atoms with Gasteiger partial charge in [-0.15, -0.1) is 11.8 Å². The molecule has 0 fully saturated rings. The zero-order chi connectivity index (χ0) is 15.8. The molecule has 0 spiro atoms. The quantitative estimate of drug-likeness (QED) is 0.423. The van der Waals surface area contributed by atoms with Crippen LogP contribution in [0.15, 0.2) is 0 Å². The number of esters is 1. The van der Waals surface area contributed by atoms with Gasteiger partial charge in [0.1, 0.15) is 5.25 Å². The van der Waals surface area contributed by atoms with E-state index in [1.807, 2.05) is 27.7 Å². The predicted octanol–water partition coefficient (Wildman–Crippen LogP) is 4.91. The smallest absolute Gasteiger partial charge is 0.319 e. The van der Waals surface area contributed by atoms with Crippen LogP contribution in [0, 0.1) is 5.92 Å². The van der Waals surface area contributed by atoms with Crippen molar-refractivity contribution in [1.82, 2.24) is 0 Å². The van der Waals surface area contributed by atoms with E-state index in [0.29, 0.717) is 6.42 Å². The maximum Gasteiger partial charge on any atom is 0.319 e. The van der Waals surface area contributed by atoms with E-state index < -0.39 is 5.92 Å². The summed E-state index contributed by atoms with van der Waals surface area (Å²) in [4.78, 5) is 11.9. The number of carbonyl (C=O) groups is 1. The molecule has 20 heavy (non-hydrogen) atoms. The van der Waals surface area contributed by atoms with Gasteiger partial charge in [0.2, 0.25) is 5.92 Å². The number of rotatable bonds is 10. The van der Waals surface area contributed by atoms with Gasteiger partial charge in [0.15, 0.2) is 0 Å². The van der Waals surface area contributed by atoms with E-state index in [-0.39, 0.29) is 29.7 Å². The van der Waals surface area contributed by atoms with Crippen LogP contribution >= 0.6 is 11.8 Å². The van der Waals surface area contributed by atoms with Crippen molar-refractivity contribution in [3.8, 4) is 0 Å². The molecule has 0 aliphatic heterocycles. The minimum absolute atomic E-state index is 0.0549. The fourth-order valence-corrected chi connectivity index (χ4v) is 2.96. The van der Waals surface area contributed by atoms with Crippen LogP contribution in [-0.4, -0.2) is 29.0 Å². The van der Waals surface area contributed by atoms with Crippen LogP contribution in [0.5, 0.6) is 0 Å². The van der Waals surface area contributed by atoms with E-state index in [1.54, 1.807) is 11.8 Å². The van der Waals surface area contributed by atoms with Crippen molar-refractivity contribution in [3.05, 3.63) is 0 Å². The summed E-state index contributed by atoms with van der Waals surface area (Å²) < 4.78 is 30.5. The summed E-state index contributed by atoms with van der Waals surface area (Å²) in [5.41, 5.74) is 0. The first kappa shape index (κ1) is 19.7. The molecule has 0 saturated carbocycles. The highest BCUT2D eigenvalue weighted by Gasteiger charge is 2.25. The molecular weight excluding hydrogens is 282 g/mol. The zero-order valence-electron chi connectivity index (χ0n) is 13.2. The topological polar surface area (TPSA) is 26.3 Å². The number of thioether (sulfide) groups is 1. The second-order valence-electron chi connectivity index (χ2n) is 5.90. The van der Waals surface area contributed by atoms with Crippen molar-refractivity contribution in [2.45, 2.75) is 77.6 Å². The van der Waals surface area contributed by atoms with E-state index >= 15 is 0 Å². The molecular formula is C15H28F2O2S. The second-order valence-corrected chi connectivity index (χ2v) is 7.15. The molecule has 1 atom stereocenters. The number of alkyl halides is 2. The first-order valence-corrected chi connectivity index (χ1v) is 8.38. The monoisotopic (exact) mass is 310 g/mol. The molecule has 0 aliphatic carbocycles. The standard InChI is InChI=1S/C15H28F2O2S/c1-11(2)13(14(18)19-12(3)4)20-10-8-6-7-9-15(5,16)17/h11-13H,6-10H2,1-5H3. The summed E-state index contributed by atoms with van der Waals surface area (Å²) >= 11 is 1.58. The third-order valence-electron chi connectivity index (χ3n) is 2.75. The number of carbonyl (C=O) groups excluding carboxylic acids is 1. The van der Waals surface area contributed by atoms with Gasteiger partial charge in [0.05, 0.1) is 6.10 Å². The summed E-state index contributed by atoms with van der Waals surface area (Å²) in [5, 5.41) is -0.162. The van der Waals surface area contributed by atoms with Crippen LogP contribution in [0.4, 0.5) is 8.78 Å². The highest BCUT2D eigenvalue weighted by Crippen LogP contribution is 2.24. The largest absolute Gasteiger partial charge is 0.462 e. The molecule has 0 aliphatic rings. The van der Waals surface area contributed by atoms with Crippen LogP contribution in [0.2, 0.25) is 0 Å². The normalized spacial score (nSPS) is 13.8. The summed E-state index contributed by atoms with van der Waals surface area (Å²) in [5.74, 6) is -1.70. The highest BCUT2D eigenvalue weighted by atomic mass is 32.2. The molecule has 0 N–H and O–H groups in total. The Kier molecular flexibility index (Phi) is 9.43. The van der Waals surface area contributed by atoms with Crippen molar-refractivity contribution in [2.24, 2.45) is 5.92 Å². The summed E-state index contributed by atoms with van der Waals surface area (Å²) in [6.45, 7) is 8.63. The van der Waals surface area contributed by atoms with Gasteiger partial charge in [-0.2, -0.15) is 0 Å². The molecule has 0 bridgehead atoms. The molecule has 0 radical (unpaired) electrons. The number of ether oxygens (including phenoxy) is 1. The fourth-order valence-electron chi connectivity index (χ4n) is 1.76. The van der Waals surface area contributed by atoms with Crippen molar-refractivity contribution in [2.75, 3.05) is 5.75 Å². The van der Waals surface area contributed by atoms with Crippen molar-refractivity contribution in [1.29, 1.82) is 0 Å². The van der Waals surface area contributed by atoms with E-state index in [9.17, 15) is 13.6 Å². The molecule has 0 rings (SSSR count). The Morgan fingerprint density at radius 2 is 1.75 bits per heavy atom. The zero-order valence-corrected chi connectivity index (χ0v) is 14.1. The SMILES string of the molecule is CC(C)OC(=O)C(SCCCCCC(C)(F)F)C(C)C. The van der Waals surface area contributed by atoms with Crippen LogP contribution in [0.3, 0.4) is 0 Å². The van der Waals surface area contributed by atoms with E-state index in [1.165, 1.54) is 0 Å². The molecule has 1 unspecified atom stereocenters. The van der Waals surface area contributed by atoms with Gasteiger partial charge in [-0.1, -0.05) is 20.3 Å². The molecule has 0 aromatic carbocycles. The Bertz CT molecular complexity index is 276. The van der Waals surface area contributed by atoms with Gasteiger partial charge in [-0.05, 0) is 45.3 Å². The lowest BCUT2D eigenvalue weighted by molar-refractivity contribution is -0.147. The third kappa shape index (κ3) is 10.5. The average molecular weight is 310 g/mol. The molecule has 5 heteroatoms. The van der Waals surface area contributed by atoms with Gasteiger partial charge in [-0.3, -0.25) is 4.79 Å². The van der Waals surface area contributed by atoms with E-state index in [2.05, 4.69) is 0 Å². The van der Waals surface area contributed by atoms with Crippen LogP contribution in [0.1, 0.15) is 60.3 Å². The van der Waals surface area contributed by atoms with Crippen LogP contribution in [0.25, 0.3) is 0 Å². The third-order valence-corrected chi connectivity index (χ3v) is 4.37. The Morgan fingerprint density at radius 3 is 2.20 bits per heavy atom. The maximum absolute atomic E-state index is 12.6. The highest BCUT2D eigenvalue weighted by molar-refractivity contribution is 8.00. The van der Waals surface area contributed by atoms with E-state index in [0.717, 1.165) is 25.5 Å². The minimum Gasteiger partial charge on any atom is -0.462 e. The molecule has 0 aromatic rings. The lowest BCUT2D eigenvalue weighted by Crippen LogP contribution is -2.28. The van der Waals surface area contributed by atoms with Crippen LogP contribution < -0.4 is 0 Å². The summed E-state index contributed by atoms with van der Waals surface area (Å²) in [7, 11) is 0. The van der Waals surface area contributed by atoms with Gasteiger partial charge in [-0.25, -0.2) is 8.78 Å². The Balaban J connectivity index is 3.90. The Hall–Kier alpha value is -0.320. The van der Waals surface area contributed by atoms with Crippen molar-refractivity contribution in [3.63, 3.8) is 0 Å². The molecule has 0 aromatic heterocycles. The lowest BCUT2D eigenvalue weighted by atomic mass is 10.1. The second kappa shape index (κ2) is 9.59. The molecule has 0 heterocycles. The molecule has 2 nitrogen and oxygen atoms in total. The van der Waals surface area contributed by atoms with E-state index in [4.69, 9.17) is 4.74 Å². The van der Waals surface area contributed by atoms with Crippen molar-refractivity contribution < 1.29 is 18.3 Å². The first-order valence-electron chi connectivity index (χ1n) is 7.33.